The van der Waals surface area contributed by atoms with Crippen LogP contribution >= 0.6 is 0 Å². The summed E-state index contributed by atoms with van der Waals surface area (Å²) < 4.78 is 0. The number of amides is 1. The Hall–Kier alpha value is -2.88. The molecule has 26 heavy (non-hydrogen) atoms. The fourth-order valence-corrected chi connectivity index (χ4v) is 3.51. The van der Waals surface area contributed by atoms with Crippen molar-refractivity contribution in [3.8, 4) is 0 Å². The number of carbonyl (C=O) groups excluding carboxylic acids is 1. The number of nitrogens with zero attached hydrogens (tertiary/aromatic N) is 2. The zero-order valence-corrected chi connectivity index (χ0v) is 14.8. The molecule has 1 fully saturated rings. The van der Waals surface area contributed by atoms with Crippen molar-refractivity contribution >= 4 is 22.6 Å². The summed E-state index contributed by atoms with van der Waals surface area (Å²) in [5.74, 6) is 0.860. The summed E-state index contributed by atoms with van der Waals surface area (Å²) in [5.41, 5.74) is 2.67. The maximum absolute atomic E-state index is 12.9. The Morgan fingerprint density at radius 3 is 2.50 bits per heavy atom. The van der Waals surface area contributed by atoms with E-state index in [0.717, 1.165) is 35.4 Å². The van der Waals surface area contributed by atoms with Crippen LogP contribution in [0.3, 0.4) is 0 Å². The van der Waals surface area contributed by atoms with E-state index in [1.165, 1.54) is 19.3 Å². The Morgan fingerprint density at radius 1 is 0.962 bits per heavy atom. The Morgan fingerprint density at radius 2 is 1.69 bits per heavy atom. The van der Waals surface area contributed by atoms with Gasteiger partial charge < -0.3 is 10.2 Å². The van der Waals surface area contributed by atoms with Crippen LogP contribution in [0.25, 0.3) is 10.9 Å². The fourth-order valence-electron chi connectivity index (χ4n) is 3.51. The zero-order valence-electron chi connectivity index (χ0n) is 14.8. The predicted octanol–water partition coefficient (Wildman–Crippen LogP) is 4.16. The highest BCUT2D eigenvalue weighted by molar-refractivity contribution is 6.07. The zero-order chi connectivity index (χ0) is 17.8. The molecule has 3 aromatic rings. The molecule has 2 heterocycles. The summed E-state index contributed by atoms with van der Waals surface area (Å²) in [7, 11) is 0. The number of hydrogen-bond acceptors (Lipinski definition) is 3. The Kier molecular flexibility index (Phi) is 4.82. The maximum Gasteiger partial charge on any atom is 0.252 e. The van der Waals surface area contributed by atoms with Crippen LogP contribution in [0.4, 0.5) is 5.82 Å². The first-order valence-electron chi connectivity index (χ1n) is 9.28. The lowest BCUT2D eigenvalue weighted by Crippen LogP contribution is -2.31. The second-order valence-corrected chi connectivity index (χ2v) is 6.76. The van der Waals surface area contributed by atoms with E-state index in [1.54, 1.807) is 0 Å². The van der Waals surface area contributed by atoms with Gasteiger partial charge in [-0.25, -0.2) is 4.98 Å². The molecule has 0 bridgehead atoms. The first kappa shape index (κ1) is 16.6. The molecule has 4 rings (SSSR count). The van der Waals surface area contributed by atoms with E-state index in [9.17, 15) is 4.79 Å². The molecule has 0 atom stereocenters. The van der Waals surface area contributed by atoms with Crippen molar-refractivity contribution < 1.29 is 4.79 Å². The van der Waals surface area contributed by atoms with Crippen LogP contribution in [-0.4, -0.2) is 24.0 Å². The van der Waals surface area contributed by atoms with E-state index >= 15 is 0 Å². The molecule has 132 valence electrons. The number of rotatable bonds is 4. The van der Waals surface area contributed by atoms with Crippen LogP contribution in [0.2, 0.25) is 0 Å². The number of nitrogens with one attached hydrogen (secondary N) is 1. The average molecular weight is 345 g/mol. The van der Waals surface area contributed by atoms with Crippen LogP contribution in [0.5, 0.6) is 0 Å². The van der Waals surface area contributed by atoms with Gasteiger partial charge in [0.1, 0.15) is 5.82 Å². The summed E-state index contributed by atoms with van der Waals surface area (Å²) in [6.07, 6.45) is 3.64. The molecule has 0 aliphatic carbocycles. The lowest BCUT2D eigenvalue weighted by atomic mass is 10.1. The van der Waals surface area contributed by atoms with Gasteiger partial charge in [-0.05, 0) is 37.0 Å². The SMILES string of the molecule is O=C(NCc1ccccc1)c1cc(N2CCCCC2)nc2ccccc12. The monoisotopic (exact) mass is 345 g/mol. The number of carbonyl (C=O) groups is 1. The molecule has 1 amide bonds. The third-order valence-corrected chi connectivity index (χ3v) is 4.92. The summed E-state index contributed by atoms with van der Waals surface area (Å²) in [5, 5.41) is 3.95. The summed E-state index contributed by atoms with van der Waals surface area (Å²) in [6.45, 7) is 2.54. The number of hydrogen-bond donors (Lipinski definition) is 1. The molecule has 1 aromatic heterocycles. The molecule has 0 spiro atoms. The van der Waals surface area contributed by atoms with Crippen LogP contribution in [-0.2, 0) is 6.54 Å². The van der Waals surface area contributed by atoms with E-state index in [2.05, 4.69) is 10.2 Å². The number of pyridine rings is 1. The van der Waals surface area contributed by atoms with Crippen molar-refractivity contribution in [3.05, 3.63) is 71.8 Å². The smallest absolute Gasteiger partial charge is 0.252 e. The number of anilines is 1. The number of piperidine rings is 1. The third kappa shape index (κ3) is 3.54. The Balaban J connectivity index is 1.64. The van der Waals surface area contributed by atoms with E-state index in [0.29, 0.717) is 12.1 Å². The molecule has 4 heteroatoms. The van der Waals surface area contributed by atoms with Gasteiger partial charge in [-0.2, -0.15) is 0 Å². The molecule has 1 N–H and O–H groups in total. The molecule has 2 aromatic carbocycles. The van der Waals surface area contributed by atoms with E-state index in [-0.39, 0.29) is 5.91 Å². The normalized spacial score (nSPS) is 14.4. The van der Waals surface area contributed by atoms with Crippen molar-refractivity contribution in [1.29, 1.82) is 0 Å². The molecular formula is C22H23N3O. The summed E-state index contributed by atoms with van der Waals surface area (Å²) >= 11 is 0. The highest BCUT2D eigenvalue weighted by atomic mass is 16.1. The van der Waals surface area contributed by atoms with Gasteiger partial charge in [0.25, 0.3) is 5.91 Å². The van der Waals surface area contributed by atoms with Crippen molar-refractivity contribution in [3.63, 3.8) is 0 Å². The van der Waals surface area contributed by atoms with E-state index in [4.69, 9.17) is 4.98 Å². The highest BCUT2D eigenvalue weighted by Gasteiger charge is 2.17. The third-order valence-electron chi connectivity index (χ3n) is 4.92. The van der Waals surface area contributed by atoms with E-state index in [1.807, 2.05) is 60.7 Å². The van der Waals surface area contributed by atoms with Gasteiger partial charge in [0.2, 0.25) is 0 Å². The molecule has 4 nitrogen and oxygen atoms in total. The van der Waals surface area contributed by atoms with Gasteiger partial charge in [-0.1, -0.05) is 48.5 Å². The highest BCUT2D eigenvalue weighted by Crippen LogP contribution is 2.25. The van der Waals surface area contributed by atoms with Crippen molar-refractivity contribution in [2.75, 3.05) is 18.0 Å². The van der Waals surface area contributed by atoms with Gasteiger partial charge in [0.05, 0.1) is 11.1 Å². The summed E-state index contributed by atoms with van der Waals surface area (Å²) in [6, 6.07) is 19.8. The number of benzene rings is 2. The van der Waals surface area contributed by atoms with Crippen molar-refractivity contribution in [1.82, 2.24) is 10.3 Å². The van der Waals surface area contributed by atoms with Crippen LogP contribution < -0.4 is 10.2 Å². The quantitative estimate of drug-likeness (QED) is 0.772. The molecule has 0 saturated carbocycles. The van der Waals surface area contributed by atoms with E-state index < -0.39 is 0 Å². The second-order valence-electron chi connectivity index (χ2n) is 6.76. The van der Waals surface area contributed by atoms with Crippen molar-refractivity contribution in [2.24, 2.45) is 0 Å². The largest absolute Gasteiger partial charge is 0.357 e. The fraction of sp³-hybridized carbons (Fsp3) is 0.273. The molecule has 1 aliphatic heterocycles. The minimum Gasteiger partial charge on any atom is -0.357 e. The molecule has 0 unspecified atom stereocenters. The predicted molar refractivity (Wildman–Crippen MR) is 105 cm³/mol. The van der Waals surface area contributed by atoms with Crippen LogP contribution in [0, 0.1) is 0 Å². The molecule has 1 saturated heterocycles. The van der Waals surface area contributed by atoms with Gasteiger partial charge >= 0.3 is 0 Å². The van der Waals surface area contributed by atoms with Gasteiger partial charge in [-0.15, -0.1) is 0 Å². The second kappa shape index (κ2) is 7.56. The number of para-hydroxylation sites is 1. The topological polar surface area (TPSA) is 45.2 Å². The van der Waals surface area contributed by atoms with Gasteiger partial charge in [0, 0.05) is 25.0 Å². The van der Waals surface area contributed by atoms with Gasteiger partial charge in [-0.3, -0.25) is 4.79 Å². The summed E-state index contributed by atoms with van der Waals surface area (Å²) in [4.78, 5) is 20.0. The lowest BCUT2D eigenvalue weighted by molar-refractivity contribution is 0.0952. The Bertz CT molecular complexity index is 902. The number of fused-ring (bicyclic) bond motifs is 1. The van der Waals surface area contributed by atoms with Crippen LogP contribution in [0.1, 0.15) is 35.2 Å². The molecule has 0 radical (unpaired) electrons. The minimum atomic E-state index is -0.0503. The number of aromatic nitrogens is 1. The minimum absolute atomic E-state index is 0.0503. The van der Waals surface area contributed by atoms with Crippen molar-refractivity contribution in [2.45, 2.75) is 25.8 Å². The molecular weight excluding hydrogens is 322 g/mol. The average Bonchev–Trinajstić information content (AvgIpc) is 2.72. The standard InChI is InChI=1S/C22H23N3O/c26-22(23-16-17-9-3-1-4-10-17)19-15-21(25-13-7-2-8-14-25)24-20-12-6-5-11-18(19)20/h1,3-6,9-12,15H,2,7-8,13-14,16H2,(H,23,26). The molecule has 1 aliphatic rings. The first-order valence-corrected chi connectivity index (χ1v) is 9.28. The van der Waals surface area contributed by atoms with Crippen LogP contribution in [0.15, 0.2) is 60.7 Å². The Labute approximate surface area is 153 Å². The first-order chi connectivity index (χ1) is 12.8. The lowest BCUT2D eigenvalue weighted by Gasteiger charge is -2.28. The maximum atomic E-state index is 12.9. The van der Waals surface area contributed by atoms with Gasteiger partial charge in [0.15, 0.2) is 0 Å².